The van der Waals surface area contributed by atoms with Crippen molar-refractivity contribution >= 4 is 17.3 Å². The minimum atomic E-state index is -0.634. The summed E-state index contributed by atoms with van der Waals surface area (Å²) >= 11 is 0. The normalized spacial score (nSPS) is 21.8. The molecule has 4 N–H and O–H groups in total. The predicted octanol–water partition coefficient (Wildman–Crippen LogP) is 1.66. The van der Waals surface area contributed by atoms with Crippen molar-refractivity contribution in [1.29, 1.82) is 0 Å². The maximum Gasteiger partial charge on any atom is 0.292 e. The van der Waals surface area contributed by atoms with Crippen LogP contribution >= 0.6 is 0 Å². The first-order chi connectivity index (χ1) is 9.99. The fraction of sp³-hybridized carbons (Fsp3) is 0.500. The van der Waals surface area contributed by atoms with Crippen LogP contribution in [0, 0.1) is 16.0 Å². The number of nitro groups is 1. The van der Waals surface area contributed by atoms with E-state index in [1.165, 1.54) is 18.2 Å². The molecule has 1 amide bonds. The van der Waals surface area contributed by atoms with Crippen molar-refractivity contribution in [2.75, 3.05) is 11.9 Å². The molecule has 2 rings (SSSR count). The zero-order valence-corrected chi connectivity index (χ0v) is 11.6. The van der Waals surface area contributed by atoms with Crippen LogP contribution in [-0.2, 0) is 0 Å². The quantitative estimate of drug-likeness (QED) is 0.563. The maximum absolute atomic E-state index is 11.2. The van der Waals surface area contributed by atoms with Crippen LogP contribution in [0.2, 0.25) is 0 Å². The van der Waals surface area contributed by atoms with Gasteiger partial charge < -0.3 is 16.2 Å². The summed E-state index contributed by atoms with van der Waals surface area (Å²) < 4.78 is 0. The van der Waals surface area contributed by atoms with Crippen LogP contribution in [0.5, 0.6) is 0 Å². The molecule has 0 aliphatic heterocycles. The molecule has 0 saturated heterocycles. The third kappa shape index (κ3) is 3.69. The number of nitrogens with one attached hydrogen (secondary N) is 1. The van der Waals surface area contributed by atoms with E-state index in [-0.39, 0.29) is 29.0 Å². The Morgan fingerprint density at radius 1 is 1.43 bits per heavy atom. The monoisotopic (exact) mass is 293 g/mol. The van der Waals surface area contributed by atoms with E-state index in [2.05, 4.69) is 5.32 Å². The van der Waals surface area contributed by atoms with Gasteiger partial charge in [0.25, 0.3) is 5.69 Å². The molecule has 1 saturated carbocycles. The van der Waals surface area contributed by atoms with Crippen LogP contribution < -0.4 is 11.1 Å². The Bertz CT molecular complexity index is 547. The van der Waals surface area contributed by atoms with Gasteiger partial charge in [0.15, 0.2) is 0 Å². The van der Waals surface area contributed by atoms with Gasteiger partial charge in [-0.3, -0.25) is 14.9 Å². The van der Waals surface area contributed by atoms with Gasteiger partial charge in [0.1, 0.15) is 5.69 Å². The van der Waals surface area contributed by atoms with Crippen molar-refractivity contribution in [3.8, 4) is 0 Å². The molecule has 0 radical (unpaired) electrons. The highest BCUT2D eigenvalue weighted by Gasteiger charge is 2.24. The number of nitrogens with two attached hydrogens (primary N) is 1. The Balaban J connectivity index is 2.14. The van der Waals surface area contributed by atoms with E-state index in [1.807, 2.05) is 0 Å². The van der Waals surface area contributed by atoms with Crippen molar-refractivity contribution in [2.45, 2.75) is 31.8 Å². The summed E-state index contributed by atoms with van der Waals surface area (Å²) in [6.07, 6.45) is 3.32. The second-order valence-electron chi connectivity index (χ2n) is 5.35. The molecule has 1 aromatic carbocycles. The number of hydrogen-bond donors (Lipinski definition) is 3. The van der Waals surface area contributed by atoms with Gasteiger partial charge in [-0.05, 0) is 25.0 Å². The van der Waals surface area contributed by atoms with Crippen LogP contribution in [0.25, 0.3) is 0 Å². The van der Waals surface area contributed by atoms with Crippen molar-refractivity contribution in [3.63, 3.8) is 0 Å². The van der Waals surface area contributed by atoms with E-state index >= 15 is 0 Å². The van der Waals surface area contributed by atoms with E-state index in [4.69, 9.17) is 5.73 Å². The zero-order chi connectivity index (χ0) is 15.4. The number of aliphatic hydroxyl groups is 1. The molecule has 7 heteroatoms. The van der Waals surface area contributed by atoms with Gasteiger partial charge >= 0.3 is 0 Å². The van der Waals surface area contributed by atoms with Crippen LogP contribution in [0.1, 0.15) is 36.0 Å². The summed E-state index contributed by atoms with van der Waals surface area (Å²) in [5, 5.41) is 23.9. The van der Waals surface area contributed by atoms with Crippen LogP contribution in [0.15, 0.2) is 18.2 Å². The fourth-order valence-corrected chi connectivity index (χ4v) is 2.66. The molecule has 0 heterocycles. The van der Waals surface area contributed by atoms with E-state index in [0.29, 0.717) is 6.54 Å². The first-order valence-electron chi connectivity index (χ1n) is 6.99. The molecule has 2 unspecified atom stereocenters. The number of amides is 1. The third-order valence-electron chi connectivity index (χ3n) is 3.90. The van der Waals surface area contributed by atoms with Gasteiger partial charge in [0, 0.05) is 24.1 Å². The number of nitro benzene ring substituents is 1. The Morgan fingerprint density at radius 2 is 2.14 bits per heavy atom. The molecule has 0 bridgehead atoms. The first kappa shape index (κ1) is 15.2. The highest BCUT2D eigenvalue weighted by atomic mass is 16.6. The number of hydrogen-bond acceptors (Lipinski definition) is 5. The zero-order valence-electron chi connectivity index (χ0n) is 11.6. The molecular weight excluding hydrogens is 274 g/mol. The van der Waals surface area contributed by atoms with E-state index < -0.39 is 10.8 Å². The molecule has 2 atom stereocenters. The van der Waals surface area contributed by atoms with E-state index in [0.717, 1.165) is 25.7 Å². The second-order valence-corrected chi connectivity index (χ2v) is 5.35. The lowest BCUT2D eigenvalue weighted by molar-refractivity contribution is -0.384. The highest BCUT2D eigenvalue weighted by Crippen LogP contribution is 2.28. The summed E-state index contributed by atoms with van der Waals surface area (Å²) in [6.45, 7) is 0.435. The summed E-state index contributed by atoms with van der Waals surface area (Å²) in [5.41, 5.74) is 5.56. The number of benzene rings is 1. The third-order valence-corrected chi connectivity index (χ3v) is 3.90. The number of rotatable bonds is 5. The fourth-order valence-electron chi connectivity index (χ4n) is 2.66. The summed E-state index contributed by atoms with van der Waals surface area (Å²) in [5.74, 6) is -0.568. The maximum atomic E-state index is 11.2. The van der Waals surface area contributed by atoms with Crippen LogP contribution in [0.4, 0.5) is 11.4 Å². The average molecular weight is 293 g/mol. The average Bonchev–Trinajstić information content (AvgIpc) is 2.46. The molecule has 1 aliphatic carbocycles. The molecule has 1 fully saturated rings. The standard InChI is InChI=1S/C14H19N3O4/c15-14(19)9-5-6-12(17(20)21)11(7-9)16-8-10-3-1-2-4-13(10)18/h5-7,10,13,16,18H,1-4,8H2,(H2,15,19). The van der Waals surface area contributed by atoms with Crippen molar-refractivity contribution in [1.82, 2.24) is 0 Å². The summed E-state index contributed by atoms with van der Waals surface area (Å²) in [6, 6.07) is 3.98. The molecule has 21 heavy (non-hydrogen) atoms. The van der Waals surface area contributed by atoms with Crippen molar-refractivity contribution in [3.05, 3.63) is 33.9 Å². The Labute approximate surface area is 122 Å². The number of aliphatic hydroxyl groups excluding tert-OH is 1. The lowest BCUT2D eigenvalue weighted by Gasteiger charge is -2.27. The topological polar surface area (TPSA) is 118 Å². The molecule has 1 aliphatic rings. The Hall–Kier alpha value is -2.15. The van der Waals surface area contributed by atoms with Crippen molar-refractivity contribution < 1.29 is 14.8 Å². The Morgan fingerprint density at radius 3 is 2.76 bits per heavy atom. The lowest BCUT2D eigenvalue weighted by atomic mass is 9.86. The van der Waals surface area contributed by atoms with Crippen molar-refractivity contribution in [2.24, 2.45) is 11.7 Å². The van der Waals surface area contributed by atoms with Gasteiger partial charge in [-0.2, -0.15) is 0 Å². The van der Waals surface area contributed by atoms with Gasteiger partial charge in [-0.15, -0.1) is 0 Å². The second kappa shape index (κ2) is 6.53. The number of anilines is 1. The number of carbonyl (C=O) groups excluding carboxylic acids is 1. The van der Waals surface area contributed by atoms with Crippen LogP contribution in [-0.4, -0.2) is 28.6 Å². The molecule has 1 aromatic rings. The largest absolute Gasteiger partial charge is 0.393 e. The number of carbonyl (C=O) groups is 1. The SMILES string of the molecule is NC(=O)c1ccc([N+](=O)[O-])c(NCC2CCCCC2O)c1. The first-order valence-corrected chi connectivity index (χ1v) is 6.99. The van der Waals surface area contributed by atoms with Gasteiger partial charge in [0.05, 0.1) is 11.0 Å². The van der Waals surface area contributed by atoms with E-state index in [9.17, 15) is 20.0 Å². The van der Waals surface area contributed by atoms with E-state index in [1.54, 1.807) is 0 Å². The highest BCUT2D eigenvalue weighted by molar-refractivity contribution is 5.94. The van der Waals surface area contributed by atoms with Gasteiger partial charge in [0.2, 0.25) is 5.91 Å². The summed E-state index contributed by atoms with van der Waals surface area (Å²) in [4.78, 5) is 21.7. The molecule has 0 spiro atoms. The number of primary amides is 1. The van der Waals surface area contributed by atoms with Crippen LogP contribution in [0.3, 0.4) is 0 Å². The Kier molecular flexibility index (Phi) is 4.74. The number of nitrogens with zero attached hydrogens (tertiary/aromatic N) is 1. The predicted molar refractivity (Wildman–Crippen MR) is 78.1 cm³/mol. The van der Waals surface area contributed by atoms with Gasteiger partial charge in [-0.25, -0.2) is 0 Å². The minimum absolute atomic E-state index is 0.0654. The summed E-state index contributed by atoms with van der Waals surface area (Å²) in [7, 11) is 0. The minimum Gasteiger partial charge on any atom is -0.393 e. The molecule has 7 nitrogen and oxygen atoms in total. The lowest BCUT2D eigenvalue weighted by Crippen LogP contribution is -2.30. The molecular formula is C14H19N3O4. The smallest absolute Gasteiger partial charge is 0.292 e. The molecule has 0 aromatic heterocycles. The molecule has 114 valence electrons. The van der Waals surface area contributed by atoms with Gasteiger partial charge in [-0.1, -0.05) is 12.8 Å².